The van der Waals surface area contributed by atoms with Crippen molar-refractivity contribution < 1.29 is 51.5 Å². The molecule has 9 rings (SSSR count). The van der Waals surface area contributed by atoms with Crippen LogP contribution in [0, 0.1) is 24.5 Å². The maximum atomic E-state index is 16.2. The molecule has 3 amide bonds. The number of fused-ring (bicyclic) bond motifs is 3. The molecule has 7 atom stereocenters. The van der Waals surface area contributed by atoms with E-state index in [0.717, 1.165) is 0 Å². The van der Waals surface area contributed by atoms with E-state index in [1.54, 1.807) is 97.0 Å². The van der Waals surface area contributed by atoms with Crippen LogP contribution in [0.4, 0.5) is 11.4 Å². The van der Waals surface area contributed by atoms with Gasteiger partial charge < -0.3 is 33.6 Å². The molecule has 68 heavy (non-hydrogen) atoms. The second-order valence-corrected chi connectivity index (χ2v) is 21.3. The van der Waals surface area contributed by atoms with Crippen LogP contribution in [0.3, 0.4) is 0 Å². The Labute approximate surface area is 396 Å². The maximum absolute atomic E-state index is 16.2. The average Bonchev–Trinajstić information content (AvgIpc) is 4.05. The van der Waals surface area contributed by atoms with Crippen molar-refractivity contribution in [3.05, 3.63) is 99.7 Å². The minimum Gasteiger partial charge on any atom is -0.485 e. The highest BCUT2D eigenvalue weighted by molar-refractivity contribution is 7.48. The zero-order chi connectivity index (χ0) is 48.3. The van der Waals surface area contributed by atoms with Gasteiger partial charge in [-0.1, -0.05) is 12.1 Å². The molecule has 3 aromatic carbocycles. The van der Waals surface area contributed by atoms with Gasteiger partial charge in [0.1, 0.15) is 52.4 Å². The summed E-state index contributed by atoms with van der Waals surface area (Å²) in [6.07, 6.45) is -0.498. The fourth-order valence-electron chi connectivity index (χ4n) is 10.7. The summed E-state index contributed by atoms with van der Waals surface area (Å²) in [6, 6.07) is 14.8. The fraction of sp³-hybridized carbons (Fsp3) is 0.520. The molecule has 7 unspecified atom stereocenters. The standard InChI is InChI=1S/C50H55N6O11P/c1-48(2)45(42(54-21-9-12-39(54)57)34-27-31(52-7)16-19-37(34)63-48)61-24-25-62-68(60,66-46-43(55-22-10-13-40(55)58)33-26-30(29-51)15-18-36(33)64-49(46,3)4)67-47-44(56-23-11-14-41(56)59)35-28-32(53-8)17-20-38(35)65-50(47,5)6/h15-20,26-28,42-47H,9-14,21-25H2,1-6H3. The number of carbonyl (C=O) groups is 3. The van der Waals surface area contributed by atoms with Gasteiger partial charge in [-0.15, -0.1) is 0 Å². The number of hydrogen-bond acceptors (Lipinski definition) is 12. The maximum Gasteiger partial charge on any atom is 0.475 e. The number of benzene rings is 3. The van der Waals surface area contributed by atoms with Crippen LogP contribution in [0.15, 0.2) is 54.6 Å². The fourth-order valence-corrected chi connectivity index (χ4v) is 12.5. The Hall–Kier alpha value is -5.99. The molecular weight excluding hydrogens is 892 g/mol. The molecule has 356 valence electrons. The minimum absolute atomic E-state index is 0.0525. The number of nitriles is 1. The number of carbonyl (C=O) groups excluding carboxylic acids is 3. The van der Waals surface area contributed by atoms with Gasteiger partial charge in [0.05, 0.1) is 56.1 Å². The SMILES string of the molecule is [C-]#[N+]c1ccc2c(c1)C(N1CCCC1=O)C(OCCOP(=O)(OC1C(N3CCCC3=O)c3cc(C#N)ccc3OC1(C)C)OC1C(N3CCCC3=O)c3cc([N+]#[C-])ccc3OC1(C)C)C(C)(C)O2. The van der Waals surface area contributed by atoms with Crippen molar-refractivity contribution in [1.82, 2.24) is 14.7 Å². The zero-order valence-electron chi connectivity index (χ0n) is 39.1. The van der Waals surface area contributed by atoms with Gasteiger partial charge in [-0.25, -0.2) is 14.3 Å². The van der Waals surface area contributed by atoms with Crippen molar-refractivity contribution in [1.29, 1.82) is 5.26 Å². The van der Waals surface area contributed by atoms with E-state index in [1.165, 1.54) is 0 Å². The summed E-state index contributed by atoms with van der Waals surface area (Å²) < 4.78 is 62.5. The van der Waals surface area contributed by atoms with Gasteiger partial charge in [0.15, 0.2) is 11.4 Å². The van der Waals surface area contributed by atoms with Crippen molar-refractivity contribution in [2.75, 3.05) is 32.8 Å². The molecule has 0 spiro atoms. The van der Waals surface area contributed by atoms with E-state index in [9.17, 15) is 19.6 Å². The lowest BCUT2D eigenvalue weighted by Crippen LogP contribution is -2.56. The number of phosphoric ester groups is 1. The molecule has 0 aliphatic carbocycles. The first-order valence-electron chi connectivity index (χ1n) is 23.1. The van der Waals surface area contributed by atoms with Gasteiger partial charge in [0, 0.05) is 55.6 Å². The lowest BCUT2D eigenvalue weighted by atomic mass is 9.85. The zero-order valence-corrected chi connectivity index (χ0v) is 40.0. The molecule has 0 bridgehead atoms. The summed E-state index contributed by atoms with van der Waals surface area (Å²) in [5, 5.41) is 9.98. The molecule has 17 nitrogen and oxygen atoms in total. The number of phosphoric acid groups is 1. The van der Waals surface area contributed by atoms with E-state index in [1.807, 2.05) is 13.8 Å². The molecule has 6 aliphatic heterocycles. The molecule has 6 heterocycles. The molecule has 0 N–H and O–H groups in total. The number of likely N-dealkylation sites (tertiary alicyclic amines) is 3. The second-order valence-electron chi connectivity index (χ2n) is 19.7. The van der Waals surface area contributed by atoms with Crippen LogP contribution in [0.2, 0.25) is 0 Å². The summed E-state index contributed by atoms with van der Waals surface area (Å²) >= 11 is 0. The van der Waals surface area contributed by atoms with Crippen molar-refractivity contribution in [3.63, 3.8) is 0 Å². The van der Waals surface area contributed by atoms with Crippen molar-refractivity contribution in [2.24, 2.45) is 0 Å². The predicted molar refractivity (Wildman–Crippen MR) is 245 cm³/mol. The van der Waals surface area contributed by atoms with Gasteiger partial charge >= 0.3 is 7.82 Å². The quantitative estimate of drug-likeness (QED) is 0.0960. The molecule has 3 saturated heterocycles. The first-order valence-corrected chi connectivity index (χ1v) is 24.6. The van der Waals surface area contributed by atoms with Crippen molar-refractivity contribution in [2.45, 2.75) is 133 Å². The van der Waals surface area contributed by atoms with Crippen LogP contribution in [-0.4, -0.2) is 100 Å². The summed E-state index contributed by atoms with van der Waals surface area (Å²) in [7, 11) is -4.95. The Morgan fingerprint density at radius 3 is 1.43 bits per heavy atom. The summed E-state index contributed by atoms with van der Waals surface area (Å²) in [4.78, 5) is 53.2. The Morgan fingerprint density at radius 2 is 1.03 bits per heavy atom. The Balaban J connectivity index is 1.10. The largest absolute Gasteiger partial charge is 0.485 e. The molecule has 0 saturated carbocycles. The number of rotatable bonds is 12. The molecule has 0 radical (unpaired) electrons. The monoisotopic (exact) mass is 946 g/mol. The minimum atomic E-state index is -4.95. The number of amides is 3. The third-order valence-electron chi connectivity index (χ3n) is 13.8. The van der Waals surface area contributed by atoms with Crippen LogP contribution in [0.1, 0.15) is 120 Å². The van der Waals surface area contributed by atoms with Crippen LogP contribution < -0.4 is 14.2 Å². The third kappa shape index (κ3) is 8.59. The molecule has 0 aromatic heterocycles. The van der Waals surface area contributed by atoms with E-state index >= 15 is 4.57 Å². The molecule has 3 aromatic rings. The van der Waals surface area contributed by atoms with Crippen LogP contribution >= 0.6 is 7.82 Å². The van der Waals surface area contributed by atoms with E-state index in [2.05, 4.69) is 15.8 Å². The van der Waals surface area contributed by atoms with Gasteiger partial charge in [0.2, 0.25) is 17.7 Å². The van der Waals surface area contributed by atoms with E-state index in [-0.39, 0.29) is 43.8 Å². The molecule has 3 fully saturated rings. The van der Waals surface area contributed by atoms with Gasteiger partial charge in [-0.2, -0.15) is 5.26 Å². The highest BCUT2D eigenvalue weighted by Crippen LogP contribution is 2.61. The normalized spacial score (nSPS) is 27.3. The third-order valence-corrected chi connectivity index (χ3v) is 15.3. The van der Waals surface area contributed by atoms with Crippen LogP contribution in [0.5, 0.6) is 17.2 Å². The Morgan fingerprint density at radius 1 is 0.632 bits per heavy atom. The van der Waals surface area contributed by atoms with Gasteiger partial charge in [0.25, 0.3) is 0 Å². The van der Waals surface area contributed by atoms with Gasteiger partial charge in [-0.3, -0.25) is 28.0 Å². The van der Waals surface area contributed by atoms with Crippen molar-refractivity contribution in [3.8, 4) is 23.3 Å². The Kier molecular flexibility index (Phi) is 12.3. The van der Waals surface area contributed by atoms with Crippen LogP contribution in [0.25, 0.3) is 9.69 Å². The highest BCUT2D eigenvalue weighted by atomic mass is 31.2. The number of ether oxygens (including phenoxy) is 4. The van der Waals surface area contributed by atoms with Crippen LogP contribution in [-0.2, 0) is 37.3 Å². The Bertz CT molecular complexity index is 2600. The summed E-state index contributed by atoms with van der Waals surface area (Å²) in [5.41, 5.74) is -0.931. The summed E-state index contributed by atoms with van der Waals surface area (Å²) in [6.45, 7) is 26.9. The smallest absolute Gasteiger partial charge is 0.475 e. The first kappa shape index (κ1) is 47.1. The second kappa shape index (κ2) is 17.8. The topological polar surface area (TPSA) is 175 Å². The predicted octanol–water partition coefficient (Wildman–Crippen LogP) is 8.84. The van der Waals surface area contributed by atoms with Crippen molar-refractivity contribution >= 4 is 36.9 Å². The summed E-state index contributed by atoms with van der Waals surface area (Å²) in [5.74, 6) is 1.04. The lowest BCUT2D eigenvalue weighted by molar-refractivity contribution is -0.153. The molecule has 18 heteroatoms. The number of nitrogens with zero attached hydrogens (tertiary/aromatic N) is 6. The molecular formula is C50H55N6O11P. The van der Waals surface area contributed by atoms with E-state index < -0.39 is 61.1 Å². The lowest BCUT2D eigenvalue weighted by Gasteiger charge is -2.50. The molecule has 6 aliphatic rings. The van der Waals surface area contributed by atoms with Gasteiger partial charge in [-0.05, 0) is 103 Å². The highest BCUT2D eigenvalue weighted by Gasteiger charge is 2.57. The first-order chi connectivity index (χ1) is 32.4. The number of hydrogen-bond donors (Lipinski definition) is 0. The van der Waals surface area contributed by atoms with E-state index in [0.29, 0.717) is 96.2 Å². The average molecular weight is 947 g/mol. The van der Waals surface area contributed by atoms with E-state index in [4.69, 9.17) is 45.7 Å².